The molecule has 1 aromatic heterocycles. The molecule has 0 radical (unpaired) electrons. The first-order valence-corrected chi connectivity index (χ1v) is 26.8. The van der Waals surface area contributed by atoms with Crippen LogP contribution in [-0.4, -0.2) is 4.57 Å². The van der Waals surface area contributed by atoms with Gasteiger partial charge in [0, 0.05) is 38.9 Å². The maximum Gasteiger partial charge on any atom is 0.0720 e. The zero-order valence-electron chi connectivity index (χ0n) is 40.8. The minimum Gasteiger partial charge on any atom is -0.310 e. The highest BCUT2D eigenvalue weighted by atomic mass is 15.1. The van der Waals surface area contributed by atoms with E-state index in [4.69, 9.17) is 0 Å². The molecule has 17 rings (SSSR count). The molecule has 0 atom stereocenters. The van der Waals surface area contributed by atoms with E-state index in [1.807, 2.05) is 0 Å². The standard InChI is InChI=1S/C71H54N2/c1-2-14-48(15-3-1)49-26-32-54(33-27-49)72(55-34-28-50(29-35-55)51-30-36-56(37-31-51)73-68-24-12-6-18-60(68)61-19-7-13-25-69(61)73)57-38-39-66-67(45-57)71(62-20-8-4-16-58(62)59-17-5-9-21-63(59)71)65-23-11-10-22-64(65)70(66)52-41-46-40-47(43-52)44-53(70)42-46/h1-39,45-47,52-53H,40-44H2. The van der Waals surface area contributed by atoms with Crippen LogP contribution in [0.3, 0.4) is 0 Å². The number of anilines is 3. The van der Waals surface area contributed by atoms with Gasteiger partial charge in [0.2, 0.25) is 0 Å². The van der Waals surface area contributed by atoms with Gasteiger partial charge in [-0.25, -0.2) is 0 Å². The Hall–Kier alpha value is -8.20. The first-order valence-electron chi connectivity index (χ1n) is 26.8. The summed E-state index contributed by atoms with van der Waals surface area (Å²) in [5, 5.41) is 2.56. The summed E-state index contributed by atoms with van der Waals surface area (Å²) in [4.78, 5) is 2.52. The van der Waals surface area contributed by atoms with Crippen LogP contribution in [-0.2, 0) is 10.8 Å². The number of nitrogens with zero attached hydrogens (tertiary/aromatic N) is 2. The van der Waals surface area contributed by atoms with Crippen LogP contribution in [0.15, 0.2) is 243 Å². The molecule has 0 saturated heterocycles. The number of aromatic nitrogens is 1. The van der Waals surface area contributed by atoms with Crippen LogP contribution in [0.4, 0.5) is 17.1 Å². The topological polar surface area (TPSA) is 8.17 Å². The second-order valence-electron chi connectivity index (χ2n) is 22.0. The van der Waals surface area contributed by atoms with Gasteiger partial charge in [0.05, 0.1) is 16.4 Å². The van der Waals surface area contributed by atoms with Gasteiger partial charge in [-0.1, -0.05) is 182 Å². The van der Waals surface area contributed by atoms with Crippen LogP contribution >= 0.6 is 0 Å². The molecular weight excluding hydrogens is 881 g/mol. The highest BCUT2D eigenvalue weighted by molar-refractivity contribution is 6.09. The van der Waals surface area contributed by atoms with Crippen molar-refractivity contribution in [2.24, 2.45) is 23.7 Å². The van der Waals surface area contributed by atoms with Gasteiger partial charge in [0.1, 0.15) is 0 Å². The molecule has 4 saturated carbocycles. The second-order valence-corrected chi connectivity index (χ2v) is 22.0. The van der Waals surface area contributed by atoms with Crippen molar-refractivity contribution >= 4 is 38.9 Å². The number of rotatable bonds is 6. The van der Waals surface area contributed by atoms with Gasteiger partial charge >= 0.3 is 0 Å². The Morgan fingerprint density at radius 2 is 0.753 bits per heavy atom. The Bertz CT molecular complexity index is 3840. The molecule has 6 aliphatic carbocycles. The van der Waals surface area contributed by atoms with E-state index in [9.17, 15) is 0 Å². The van der Waals surface area contributed by atoms with E-state index >= 15 is 0 Å². The molecule has 2 nitrogen and oxygen atoms in total. The summed E-state index contributed by atoms with van der Waals surface area (Å²) in [6.45, 7) is 0. The lowest BCUT2D eigenvalue weighted by molar-refractivity contribution is -0.0440. The summed E-state index contributed by atoms with van der Waals surface area (Å²) in [7, 11) is 0. The molecule has 2 heteroatoms. The lowest BCUT2D eigenvalue weighted by atomic mass is 9.38. The Balaban J connectivity index is 0.877. The second kappa shape index (κ2) is 15.6. The molecule has 348 valence electrons. The van der Waals surface area contributed by atoms with Gasteiger partial charge in [0.25, 0.3) is 0 Å². The smallest absolute Gasteiger partial charge is 0.0720 e. The minimum atomic E-state index is -0.465. The predicted octanol–water partition coefficient (Wildman–Crippen LogP) is 18.0. The van der Waals surface area contributed by atoms with E-state index in [2.05, 4.69) is 252 Å². The Labute approximate surface area is 427 Å². The highest BCUT2D eigenvalue weighted by Crippen LogP contribution is 2.71. The lowest BCUT2D eigenvalue weighted by Gasteiger charge is -2.65. The van der Waals surface area contributed by atoms with Crippen molar-refractivity contribution in [3.8, 4) is 39.1 Å². The van der Waals surface area contributed by atoms with E-state index in [-0.39, 0.29) is 5.41 Å². The fourth-order valence-electron chi connectivity index (χ4n) is 16.1. The molecule has 0 amide bonds. The summed E-state index contributed by atoms with van der Waals surface area (Å²) >= 11 is 0. The van der Waals surface area contributed by atoms with Gasteiger partial charge in [-0.05, 0) is 183 Å². The third kappa shape index (κ3) is 5.75. The molecule has 4 bridgehead atoms. The van der Waals surface area contributed by atoms with Crippen LogP contribution < -0.4 is 4.90 Å². The van der Waals surface area contributed by atoms with Crippen molar-refractivity contribution in [3.05, 3.63) is 276 Å². The molecule has 11 aromatic rings. The molecular formula is C71H54N2. The van der Waals surface area contributed by atoms with Crippen molar-refractivity contribution in [1.82, 2.24) is 4.57 Å². The molecule has 2 spiro atoms. The van der Waals surface area contributed by atoms with Crippen molar-refractivity contribution in [1.29, 1.82) is 0 Å². The number of hydrogen-bond acceptors (Lipinski definition) is 1. The fourth-order valence-corrected chi connectivity index (χ4v) is 16.1. The number of benzene rings is 10. The fraction of sp³-hybridized carbons (Fsp3) is 0.155. The largest absolute Gasteiger partial charge is 0.310 e. The quantitative estimate of drug-likeness (QED) is 0.161. The summed E-state index contributed by atoms with van der Waals surface area (Å²) in [6.07, 6.45) is 6.82. The van der Waals surface area contributed by atoms with Crippen molar-refractivity contribution < 1.29 is 0 Å². The minimum absolute atomic E-state index is 0.0174. The summed E-state index contributed by atoms with van der Waals surface area (Å²) < 4.78 is 2.40. The molecule has 10 aromatic carbocycles. The zero-order valence-corrected chi connectivity index (χ0v) is 40.8. The average Bonchev–Trinajstić information content (AvgIpc) is 3.96. The van der Waals surface area contributed by atoms with Crippen LogP contribution in [0.1, 0.15) is 65.5 Å². The summed E-state index contributed by atoms with van der Waals surface area (Å²) in [5.41, 5.74) is 23.1. The van der Waals surface area contributed by atoms with Gasteiger partial charge < -0.3 is 9.47 Å². The van der Waals surface area contributed by atoms with E-state index in [0.717, 1.165) is 23.2 Å². The van der Waals surface area contributed by atoms with E-state index < -0.39 is 5.41 Å². The monoisotopic (exact) mass is 934 g/mol. The first-order chi connectivity index (χ1) is 36.2. The molecule has 73 heavy (non-hydrogen) atoms. The Morgan fingerprint density at radius 3 is 1.32 bits per heavy atom. The number of para-hydroxylation sites is 2. The van der Waals surface area contributed by atoms with Crippen LogP contribution in [0.2, 0.25) is 0 Å². The predicted molar refractivity (Wildman–Crippen MR) is 301 cm³/mol. The molecule has 6 aliphatic rings. The average molecular weight is 935 g/mol. The van der Waals surface area contributed by atoms with Gasteiger partial charge in [-0.15, -0.1) is 0 Å². The molecule has 1 heterocycles. The number of hydrogen-bond donors (Lipinski definition) is 0. The van der Waals surface area contributed by atoms with Gasteiger partial charge in [-0.3, -0.25) is 0 Å². The molecule has 0 unspecified atom stereocenters. The Kier molecular flexibility index (Phi) is 8.88. The summed E-state index contributed by atoms with van der Waals surface area (Å²) in [5.74, 6) is 3.01. The maximum absolute atomic E-state index is 2.66. The van der Waals surface area contributed by atoms with Crippen molar-refractivity contribution in [2.45, 2.75) is 42.9 Å². The SMILES string of the molecule is c1ccc(-c2ccc(N(c3ccc(-c4ccc(-n5c6ccccc6c6ccccc65)cc4)cc3)c3ccc4c(c3)C3(c5ccccc5-c5ccccc53)c3ccccc3C43C4CC5CC(C4)CC3C5)cc2)cc1. The summed E-state index contributed by atoms with van der Waals surface area (Å²) in [6, 6.07) is 92.2. The first kappa shape index (κ1) is 41.4. The van der Waals surface area contributed by atoms with E-state index in [0.29, 0.717) is 11.8 Å². The van der Waals surface area contributed by atoms with Crippen LogP contribution in [0.5, 0.6) is 0 Å². The van der Waals surface area contributed by atoms with Gasteiger partial charge in [0.15, 0.2) is 0 Å². The zero-order chi connectivity index (χ0) is 47.8. The van der Waals surface area contributed by atoms with E-state index in [1.165, 1.54) is 121 Å². The van der Waals surface area contributed by atoms with Crippen molar-refractivity contribution in [3.63, 3.8) is 0 Å². The highest BCUT2D eigenvalue weighted by Gasteiger charge is 2.64. The van der Waals surface area contributed by atoms with Crippen molar-refractivity contribution in [2.75, 3.05) is 4.90 Å². The lowest BCUT2D eigenvalue weighted by Crippen LogP contribution is -2.59. The Morgan fingerprint density at radius 1 is 0.329 bits per heavy atom. The molecule has 0 N–H and O–H groups in total. The van der Waals surface area contributed by atoms with E-state index in [1.54, 1.807) is 11.1 Å². The molecule has 4 fully saturated rings. The van der Waals surface area contributed by atoms with Gasteiger partial charge in [-0.2, -0.15) is 0 Å². The normalized spacial score (nSPS) is 21.3. The number of fused-ring (bicyclic) bond motifs is 12. The van der Waals surface area contributed by atoms with Crippen LogP contribution in [0, 0.1) is 23.7 Å². The third-order valence-electron chi connectivity index (χ3n) is 18.7. The third-order valence-corrected chi connectivity index (χ3v) is 18.7. The molecule has 0 aliphatic heterocycles. The maximum atomic E-state index is 2.66. The van der Waals surface area contributed by atoms with Crippen LogP contribution in [0.25, 0.3) is 60.9 Å².